The summed E-state index contributed by atoms with van der Waals surface area (Å²) in [4.78, 5) is 23.2. The molecule has 0 aromatic rings. The average molecular weight is 243 g/mol. The van der Waals surface area contributed by atoms with Crippen molar-refractivity contribution in [1.29, 1.82) is 0 Å². The fraction of sp³-hybridized carbons (Fsp3) is 0.833. The van der Waals surface area contributed by atoms with Crippen LogP contribution in [0.5, 0.6) is 0 Å². The van der Waals surface area contributed by atoms with Gasteiger partial charge in [-0.05, 0) is 34.1 Å². The van der Waals surface area contributed by atoms with E-state index in [0.717, 1.165) is 6.42 Å². The number of hydrogen-bond donors (Lipinski definition) is 3. The molecule has 5 nitrogen and oxygen atoms in total. The van der Waals surface area contributed by atoms with Gasteiger partial charge in [-0.1, -0.05) is 6.92 Å². The molecule has 0 radical (unpaired) electrons. The van der Waals surface area contributed by atoms with Gasteiger partial charge >= 0.3 is 0 Å². The molecule has 0 aliphatic heterocycles. The van der Waals surface area contributed by atoms with Gasteiger partial charge in [0.1, 0.15) is 0 Å². The van der Waals surface area contributed by atoms with Crippen LogP contribution < -0.4 is 16.0 Å². The number of likely N-dealkylation sites (N-methyl/N-ethyl adjacent to an activating group) is 1. The van der Waals surface area contributed by atoms with Gasteiger partial charge in [0.15, 0.2) is 0 Å². The lowest BCUT2D eigenvalue weighted by Gasteiger charge is -2.20. The van der Waals surface area contributed by atoms with Crippen LogP contribution in [0, 0.1) is 0 Å². The van der Waals surface area contributed by atoms with Crippen LogP contribution >= 0.6 is 0 Å². The van der Waals surface area contributed by atoms with Gasteiger partial charge in [0.25, 0.3) is 0 Å². The van der Waals surface area contributed by atoms with Crippen LogP contribution in [0.3, 0.4) is 0 Å². The van der Waals surface area contributed by atoms with Crippen LogP contribution in [0.1, 0.15) is 41.0 Å². The monoisotopic (exact) mass is 243 g/mol. The first kappa shape index (κ1) is 15.9. The maximum absolute atomic E-state index is 11.7. The van der Waals surface area contributed by atoms with Gasteiger partial charge in [-0.3, -0.25) is 14.9 Å². The Morgan fingerprint density at radius 3 is 2.00 bits per heavy atom. The van der Waals surface area contributed by atoms with Gasteiger partial charge in [-0.2, -0.15) is 0 Å². The van der Waals surface area contributed by atoms with Crippen molar-refractivity contribution in [1.82, 2.24) is 16.0 Å². The van der Waals surface area contributed by atoms with E-state index in [1.165, 1.54) is 0 Å². The summed E-state index contributed by atoms with van der Waals surface area (Å²) < 4.78 is 0. The maximum Gasteiger partial charge on any atom is 0.237 e. The summed E-state index contributed by atoms with van der Waals surface area (Å²) in [7, 11) is 0. The van der Waals surface area contributed by atoms with E-state index in [9.17, 15) is 9.59 Å². The van der Waals surface area contributed by atoms with Gasteiger partial charge in [-0.25, -0.2) is 0 Å². The highest BCUT2D eigenvalue weighted by Gasteiger charge is 2.19. The third kappa shape index (κ3) is 6.26. The van der Waals surface area contributed by atoms with Crippen molar-refractivity contribution in [2.24, 2.45) is 0 Å². The number of nitrogens with one attached hydrogen (secondary N) is 3. The topological polar surface area (TPSA) is 70.2 Å². The Labute approximate surface area is 104 Å². The molecular formula is C12H25N3O2. The third-order valence-electron chi connectivity index (χ3n) is 2.64. The lowest BCUT2D eigenvalue weighted by molar-refractivity contribution is -0.125. The first-order valence-corrected chi connectivity index (χ1v) is 6.26. The number of carbonyl (C=O) groups excluding carboxylic acids is 2. The van der Waals surface area contributed by atoms with E-state index < -0.39 is 0 Å². The average Bonchev–Trinajstić information content (AvgIpc) is 2.28. The Kier molecular flexibility index (Phi) is 7.54. The minimum Gasteiger partial charge on any atom is -0.355 e. The molecule has 0 bridgehead atoms. The molecule has 0 heterocycles. The molecule has 3 N–H and O–H groups in total. The molecule has 0 rings (SSSR count). The van der Waals surface area contributed by atoms with E-state index >= 15 is 0 Å². The smallest absolute Gasteiger partial charge is 0.237 e. The molecule has 0 fully saturated rings. The van der Waals surface area contributed by atoms with Crippen LogP contribution in [0.15, 0.2) is 0 Å². The summed E-state index contributed by atoms with van der Waals surface area (Å²) in [5, 5.41) is 8.55. The fourth-order valence-corrected chi connectivity index (χ4v) is 1.32. The van der Waals surface area contributed by atoms with Gasteiger partial charge in [0, 0.05) is 12.6 Å². The van der Waals surface area contributed by atoms with Crippen molar-refractivity contribution in [2.75, 3.05) is 6.54 Å². The molecule has 0 aliphatic rings. The van der Waals surface area contributed by atoms with Crippen molar-refractivity contribution >= 4 is 11.8 Å². The number of hydrogen-bond acceptors (Lipinski definition) is 3. The first-order valence-electron chi connectivity index (χ1n) is 6.26. The van der Waals surface area contributed by atoms with E-state index in [1.807, 2.05) is 20.8 Å². The third-order valence-corrected chi connectivity index (χ3v) is 2.64. The van der Waals surface area contributed by atoms with E-state index in [-0.39, 0.29) is 29.9 Å². The molecule has 3 unspecified atom stereocenters. The Hall–Kier alpha value is -1.10. The molecule has 0 spiro atoms. The highest BCUT2D eigenvalue weighted by atomic mass is 16.2. The molecule has 3 atom stereocenters. The molecular weight excluding hydrogens is 218 g/mol. The lowest BCUT2D eigenvalue weighted by atomic mass is 10.2. The second kappa shape index (κ2) is 8.06. The molecule has 0 saturated carbocycles. The zero-order valence-corrected chi connectivity index (χ0v) is 11.5. The van der Waals surface area contributed by atoms with Gasteiger partial charge in [-0.15, -0.1) is 0 Å². The quantitative estimate of drug-likeness (QED) is 0.606. The molecule has 17 heavy (non-hydrogen) atoms. The Morgan fingerprint density at radius 1 is 1.00 bits per heavy atom. The molecule has 2 amide bonds. The van der Waals surface area contributed by atoms with Crippen LogP contribution in [0.25, 0.3) is 0 Å². The molecule has 100 valence electrons. The second-order valence-corrected chi connectivity index (χ2v) is 4.32. The van der Waals surface area contributed by atoms with Crippen molar-refractivity contribution in [3.63, 3.8) is 0 Å². The standard InChI is InChI=1S/C12H25N3O2/c1-6-8(3)14-12(17)10(5)15-9(4)11(16)13-7-2/h8-10,15H,6-7H2,1-5H3,(H,13,16)(H,14,17). The number of rotatable bonds is 7. The normalized spacial score (nSPS) is 15.8. The van der Waals surface area contributed by atoms with Gasteiger partial charge in [0.05, 0.1) is 12.1 Å². The van der Waals surface area contributed by atoms with Gasteiger partial charge < -0.3 is 10.6 Å². The molecule has 0 saturated heterocycles. The predicted octanol–water partition coefficient (Wildman–Crippen LogP) is 0.404. The van der Waals surface area contributed by atoms with Crippen LogP contribution in [-0.4, -0.2) is 36.5 Å². The van der Waals surface area contributed by atoms with Crippen molar-refractivity contribution in [2.45, 2.75) is 59.2 Å². The number of carbonyl (C=O) groups is 2. The zero-order chi connectivity index (χ0) is 13.4. The summed E-state index contributed by atoms with van der Waals surface area (Å²) in [6.45, 7) is 9.94. The predicted molar refractivity (Wildman–Crippen MR) is 68.6 cm³/mol. The van der Waals surface area contributed by atoms with E-state index in [0.29, 0.717) is 6.54 Å². The minimum absolute atomic E-state index is 0.0736. The van der Waals surface area contributed by atoms with E-state index in [2.05, 4.69) is 16.0 Å². The summed E-state index contributed by atoms with van der Waals surface area (Å²) in [6, 6.07) is -0.583. The Balaban J connectivity index is 4.11. The first-order chi connectivity index (χ1) is 7.92. The largest absolute Gasteiger partial charge is 0.355 e. The van der Waals surface area contributed by atoms with Crippen molar-refractivity contribution in [3.05, 3.63) is 0 Å². The molecule has 5 heteroatoms. The fourth-order valence-electron chi connectivity index (χ4n) is 1.32. The zero-order valence-electron chi connectivity index (χ0n) is 11.5. The van der Waals surface area contributed by atoms with Gasteiger partial charge in [0.2, 0.25) is 11.8 Å². The Bertz CT molecular complexity index is 256. The Morgan fingerprint density at radius 2 is 1.53 bits per heavy atom. The lowest BCUT2D eigenvalue weighted by Crippen LogP contribution is -2.52. The highest BCUT2D eigenvalue weighted by molar-refractivity contribution is 5.84. The summed E-state index contributed by atoms with van der Waals surface area (Å²) in [5.74, 6) is -0.161. The molecule has 0 aromatic carbocycles. The van der Waals surface area contributed by atoms with Crippen LogP contribution in [-0.2, 0) is 9.59 Å². The second-order valence-electron chi connectivity index (χ2n) is 4.32. The van der Waals surface area contributed by atoms with Crippen molar-refractivity contribution < 1.29 is 9.59 Å². The SMILES string of the molecule is CCNC(=O)C(C)NC(C)C(=O)NC(C)CC. The van der Waals surface area contributed by atoms with Crippen LogP contribution in [0.2, 0.25) is 0 Å². The summed E-state index contributed by atoms with van der Waals surface area (Å²) in [5.41, 5.74) is 0. The van der Waals surface area contributed by atoms with Crippen LogP contribution in [0.4, 0.5) is 0 Å². The number of amides is 2. The molecule has 0 aliphatic carbocycles. The summed E-state index contributed by atoms with van der Waals surface area (Å²) in [6.07, 6.45) is 0.893. The van der Waals surface area contributed by atoms with E-state index in [1.54, 1.807) is 13.8 Å². The highest BCUT2D eigenvalue weighted by Crippen LogP contribution is 1.92. The molecule has 0 aromatic heterocycles. The summed E-state index contributed by atoms with van der Waals surface area (Å²) >= 11 is 0. The van der Waals surface area contributed by atoms with Crippen molar-refractivity contribution in [3.8, 4) is 0 Å². The minimum atomic E-state index is -0.374. The van der Waals surface area contributed by atoms with E-state index in [4.69, 9.17) is 0 Å². The maximum atomic E-state index is 11.7.